The van der Waals surface area contributed by atoms with Gasteiger partial charge >= 0.3 is 0 Å². The molecule has 5 aromatic carbocycles. The van der Waals surface area contributed by atoms with E-state index >= 15 is 0 Å². The lowest BCUT2D eigenvalue weighted by molar-refractivity contribution is -0.438. The number of halogens is 1. The number of ether oxygens (including phenoxy) is 1. The topological polar surface area (TPSA) is 135 Å². The van der Waals surface area contributed by atoms with Gasteiger partial charge in [-0.25, -0.2) is 8.42 Å². The van der Waals surface area contributed by atoms with Crippen molar-refractivity contribution < 1.29 is 36.7 Å². The van der Waals surface area contributed by atoms with Crippen LogP contribution in [0.5, 0.6) is 5.75 Å². The highest BCUT2D eigenvalue weighted by Gasteiger charge is 2.45. The van der Waals surface area contributed by atoms with Gasteiger partial charge in [-0.1, -0.05) is 80.1 Å². The largest absolute Gasteiger partial charge is 0.748 e. The highest BCUT2D eigenvalue weighted by atomic mass is 35.5. The van der Waals surface area contributed by atoms with Crippen molar-refractivity contribution in [1.29, 1.82) is 0 Å². The van der Waals surface area contributed by atoms with Gasteiger partial charge in [0.25, 0.3) is 5.91 Å². The van der Waals surface area contributed by atoms with Crippen LogP contribution in [0.2, 0.25) is 5.02 Å². The number of amides is 2. The molecule has 0 unspecified atom stereocenters. The Bertz CT molecular complexity index is 3450. The predicted molar refractivity (Wildman–Crippen MR) is 294 cm³/mol. The van der Waals surface area contributed by atoms with Gasteiger partial charge in [0, 0.05) is 101 Å². The molecule has 0 bridgehead atoms. The average molecular weight is 1030 g/mol. The van der Waals surface area contributed by atoms with E-state index in [0.29, 0.717) is 73.1 Å². The molecule has 0 radical (unpaired) electrons. The van der Waals surface area contributed by atoms with Crippen molar-refractivity contribution in [2.75, 3.05) is 57.0 Å². The van der Waals surface area contributed by atoms with Crippen LogP contribution >= 0.6 is 11.6 Å². The van der Waals surface area contributed by atoms with Gasteiger partial charge in [0.1, 0.15) is 12.3 Å². The summed E-state index contributed by atoms with van der Waals surface area (Å²) >= 11 is 6.12. The molecule has 0 saturated carbocycles. The molecule has 3 aliphatic rings. The number of fused-ring (bicyclic) bond motifs is 5. The predicted octanol–water partition coefficient (Wildman–Crippen LogP) is 10.4. The minimum Gasteiger partial charge on any atom is -0.748 e. The maximum absolute atomic E-state index is 14.0. The zero-order valence-corrected chi connectivity index (χ0v) is 44.9. The van der Waals surface area contributed by atoms with Crippen molar-refractivity contribution in [1.82, 2.24) is 14.4 Å². The lowest BCUT2D eigenvalue weighted by Gasteiger charge is -2.35. The molecule has 74 heavy (non-hydrogen) atoms. The molecule has 1 fully saturated rings. The van der Waals surface area contributed by atoms with Gasteiger partial charge in [-0.2, -0.15) is 4.58 Å². The minimum absolute atomic E-state index is 0.0194. The van der Waals surface area contributed by atoms with Crippen LogP contribution in [0.1, 0.15) is 85.8 Å². The summed E-state index contributed by atoms with van der Waals surface area (Å²) in [6, 6.07) is 31.3. The number of carbonyl (C=O) groups is 3. The van der Waals surface area contributed by atoms with Crippen LogP contribution in [0.15, 0.2) is 133 Å². The second-order valence-corrected chi connectivity index (χ2v) is 22.5. The lowest BCUT2D eigenvalue weighted by atomic mass is 9.79. The van der Waals surface area contributed by atoms with Gasteiger partial charge in [0.2, 0.25) is 17.5 Å². The van der Waals surface area contributed by atoms with Crippen molar-refractivity contribution in [3.63, 3.8) is 0 Å². The third-order valence-corrected chi connectivity index (χ3v) is 16.3. The Morgan fingerprint density at radius 1 is 0.797 bits per heavy atom. The summed E-state index contributed by atoms with van der Waals surface area (Å²) < 4.78 is 43.7. The fourth-order valence-corrected chi connectivity index (χ4v) is 12.1. The maximum atomic E-state index is 14.0. The number of rotatable bonds is 15. The van der Waals surface area contributed by atoms with E-state index in [1.54, 1.807) is 35.9 Å². The number of hydrogen-bond donors (Lipinski definition) is 0. The lowest BCUT2D eigenvalue weighted by Crippen LogP contribution is -2.51. The SMILES string of the molecule is CCN1/C(=C/C=C/C=C/C2=[N+](CCCCS(=O)(=O)[O-])c3ccc4ccccc4c3C2(C)C)C(C)(C)c2cc(CC(=O)N3CCN(C(=O)Cc4c(C)n(C(=O)c5ccc(Cl)cc5)c5ccc(OC)cc45)CC3)ccc21. The highest BCUT2D eigenvalue weighted by Crippen LogP contribution is 2.48. The van der Waals surface area contributed by atoms with E-state index in [1.165, 1.54) is 10.9 Å². The zero-order valence-electron chi connectivity index (χ0n) is 43.3. The third-order valence-electron chi connectivity index (χ3n) is 15.3. The Kier molecular flexibility index (Phi) is 14.7. The summed E-state index contributed by atoms with van der Waals surface area (Å²) in [4.78, 5) is 47.7. The molecular weight excluding hydrogens is 970 g/mol. The van der Waals surface area contributed by atoms with Crippen molar-refractivity contribution in [2.45, 2.75) is 78.1 Å². The summed E-state index contributed by atoms with van der Waals surface area (Å²) in [5, 5.41) is 3.66. The van der Waals surface area contributed by atoms with Gasteiger partial charge < -0.3 is 24.0 Å². The molecule has 0 aliphatic carbocycles. The number of unbranched alkanes of at least 4 members (excludes halogenated alkanes) is 1. The number of benzene rings is 5. The van der Waals surface area contributed by atoms with Crippen LogP contribution in [0.4, 0.5) is 11.4 Å². The van der Waals surface area contributed by atoms with Crippen LogP contribution in [0.3, 0.4) is 0 Å². The number of likely N-dealkylation sites (N-methyl/N-ethyl adjacent to an activating group) is 1. The molecule has 384 valence electrons. The molecule has 0 atom stereocenters. The number of nitrogens with zero attached hydrogens (tertiary/aromatic N) is 5. The Balaban J connectivity index is 0.859. The Hall–Kier alpha value is -6.80. The summed E-state index contributed by atoms with van der Waals surface area (Å²) in [6.45, 7) is 15.9. The number of hydrogen-bond acceptors (Lipinski definition) is 8. The van der Waals surface area contributed by atoms with Gasteiger partial charge in [-0.15, -0.1) is 0 Å². The fourth-order valence-electron chi connectivity index (χ4n) is 11.4. The van der Waals surface area contributed by atoms with Gasteiger partial charge in [0.05, 0.1) is 41.0 Å². The van der Waals surface area contributed by atoms with E-state index in [0.717, 1.165) is 56.8 Å². The molecule has 2 amide bonds. The van der Waals surface area contributed by atoms with Crippen LogP contribution in [-0.2, 0) is 43.4 Å². The first-order valence-electron chi connectivity index (χ1n) is 25.4. The Morgan fingerprint density at radius 2 is 1.50 bits per heavy atom. The second-order valence-electron chi connectivity index (χ2n) is 20.5. The summed E-state index contributed by atoms with van der Waals surface area (Å²) in [6.07, 6.45) is 11.7. The van der Waals surface area contributed by atoms with Crippen LogP contribution in [0, 0.1) is 6.92 Å². The van der Waals surface area contributed by atoms with Gasteiger partial charge in [0.15, 0.2) is 5.71 Å². The monoisotopic (exact) mass is 1030 g/mol. The molecular formula is C60H64ClN5O7S. The van der Waals surface area contributed by atoms with Crippen molar-refractivity contribution in [3.8, 4) is 5.75 Å². The van der Waals surface area contributed by atoms with E-state index in [2.05, 4.69) is 117 Å². The normalized spacial score (nSPS) is 16.9. The van der Waals surface area contributed by atoms with E-state index in [9.17, 15) is 27.4 Å². The van der Waals surface area contributed by atoms with Crippen LogP contribution < -0.4 is 9.64 Å². The van der Waals surface area contributed by atoms with Crippen molar-refractivity contribution >= 4 is 78.2 Å². The molecule has 1 aromatic heterocycles. The maximum Gasteiger partial charge on any atom is 0.262 e. The number of anilines is 1. The van der Waals surface area contributed by atoms with Gasteiger partial charge in [-0.05, 0) is 122 Å². The zero-order chi connectivity index (χ0) is 52.7. The minimum atomic E-state index is -4.28. The molecule has 1 saturated heterocycles. The van der Waals surface area contributed by atoms with E-state index < -0.39 is 10.1 Å². The van der Waals surface area contributed by atoms with Crippen molar-refractivity contribution in [2.24, 2.45) is 0 Å². The number of aromatic nitrogens is 1. The number of piperazine rings is 1. The quantitative estimate of drug-likeness (QED) is 0.0429. The van der Waals surface area contributed by atoms with Gasteiger partial charge in [-0.3, -0.25) is 19.0 Å². The Morgan fingerprint density at radius 3 is 2.19 bits per heavy atom. The first kappa shape index (κ1) is 52.1. The number of allylic oxidation sites excluding steroid dienone is 6. The standard InChI is InChI=1S/C60H64ClN5O7S/c1-8-64-51-27-20-41(37-55(67)62-31-33-63(34-32-62)56(68)39-47-40(2)66(50-29-26-45(73-7)38-48(47)50)58(69)43-21-24-44(61)25-22-43)36-49(51)59(3,4)53(64)18-10-9-11-19-54-60(5,6)57-46-17-13-12-16-42(46)23-28-52(57)65(54)30-14-15-35-74(70,71)72/h9-13,16-29,36,38H,8,14-15,30-35,37,39H2,1-7H3. The summed E-state index contributed by atoms with van der Waals surface area (Å²) in [5.74, 6) is -0.00741. The van der Waals surface area contributed by atoms with Crippen LogP contribution in [-0.4, -0.2) is 107 Å². The molecule has 6 aromatic rings. The second kappa shape index (κ2) is 20.8. The molecule has 0 N–H and O–H groups in total. The number of carbonyl (C=O) groups excluding carboxylic acids is 3. The number of methoxy groups -OCH3 is 1. The highest BCUT2D eigenvalue weighted by molar-refractivity contribution is 7.85. The molecule has 3 aliphatic heterocycles. The molecule has 0 spiro atoms. The van der Waals surface area contributed by atoms with E-state index in [1.807, 2.05) is 47.1 Å². The first-order valence-corrected chi connectivity index (χ1v) is 27.4. The smallest absolute Gasteiger partial charge is 0.262 e. The fraction of sp³-hybridized carbons (Fsp3) is 0.333. The summed E-state index contributed by atoms with van der Waals surface area (Å²) in [5.41, 5.74) is 9.74. The van der Waals surface area contributed by atoms with E-state index in [-0.39, 0.29) is 47.1 Å². The average Bonchev–Trinajstić information content (AvgIpc) is 3.87. The van der Waals surface area contributed by atoms with Crippen molar-refractivity contribution in [3.05, 3.63) is 172 Å². The molecule has 9 rings (SSSR count). The first-order chi connectivity index (χ1) is 35.3. The summed E-state index contributed by atoms with van der Waals surface area (Å²) in [7, 11) is -2.69. The van der Waals surface area contributed by atoms with Crippen LogP contribution in [0.25, 0.3) is 21.7 Å². The Labute approximate surface area is 439 Å². The molecule has 4 heterocycles. The van der Waals surface area contributed by atoms with E-state index in [4.69, 9.17) is 16.3 Å². The third kappa shape index (κ3) is 10.1. The molecule has 14 heteroatoms. The molecule has 12 nitrogen and oxygen atoms in total.